The molecule has 21 heavy (non-hydrogen) atoms. The topological polar surface area (TPSA) is 74.1 Å². The molecule has 6 heteroatoms. The molecule has 0 aliphatic heterocycles. The molecule has 0 bridgehead atoms. The van der Waals surface area contributed by atoms with Gasteiger partial charge in [-0.1, -0.05) is 30.3 Å². The minimum atomic E-state index is -0.950. The van der Waals surface area contributed by atoms with Gasteiger partial charge in [-0.25, -0.2) is 9.67 Å². The molecule has 0 radical (unpaired) electrons. The van der Waals surface area contributed by atoms with Gasteiger partial charge in [-0.05, 0) is 19.4 Å². The van der Waals surface area contributed by atoms with Gasteiger partial charge in [0.2, 0.25) is 0 Å². The molecule has 2 atom stereocenters. The van der Waals surface area contributed by atoms with Gasteiger partial charge >= 0.3 is 5.97 Å². The summed E-state index contributed by atoms with van der Waals surface area (Å²) in [4.78, 5) is 28.1. The van der Waals surface area contributed by atoms with Gasteiger partial charge in [0.25, 0.3) is 0 Å². The van der Waals surface area contributed by atoms with Crippen molar-refractivity contribution in [3.05, 3.63) is 48.5 Å². The van der Waals surface area contributed by atoms with Gasteiger partial charge in [-0.15, -0.1) is 0 Å². The summed E-state index contributed by atoms with van der Waals surface area (Å²) >= 11 is 0. The summed E-state index contributed by atoms with van der Waals surface area (Å²) < 4.78 is 6.56. The summed E-state index contributed by atoms with van der Waals surface area (Å²) in [5.41, 5.74) is 0.802. The van der Waals surface area contributed by atoms with E-state index in [4.69, 9.17) is 4.74 Å². The molecule has 0 amide bonds. The summed E-state index contributed by atoms with van der Waals surface area (Å²) in [6.45, 7) is 3.32. The van der Waals surface area contributed by atoms with Crippen LogP contribution in [0.25, 0.3) is 0 Å². The molecule has 2 aromatic rings. The average Bonchev–Trinajstić information content (AvgIpc) is 2.99. The number of esters is 1. The third-order valence-electron chi connectivity index (χ3n) is 3.16. The first-order valence-electron chi connectivity index (χ1n) is 6.71. The van der Waals surface area contributed by atoms with Crippen LogP contribution in [0.15, 0.2) is 43.0 Å². The second-order valence-electron chi connectivity index (χ2n) is 4.57. The molecule has 0 spiro atoms. The zero-order valence-electron chi connectivity index (χ0n) is 12.0. The smallest absolute Gasteiger partial charge is 0.319 e. The van der Waals surface area contributed by atoms with Crippen molar-refractivity contribution < 1.29 is 14.3 Å². The third kappa shape index (κ3) is 3.34. The van der Waals surface area contributed by atoms with Gasteiger partial charge in [-0.3, -0.25) is 9.59 Å². The van der Waals surface area contributed by atoms with Crippen molar-refractivity contribution in [3.63, 3.8) is 0 Å². The molecule has 2 unspecified atom stereocenters. The molecule has 0 N–H and O–H groups in total. The van der Waals surface area contributed by atoms with Crippen molar-refractivity contribution in [2.45, 2.75) is 19.9 Å². The second-order valence-corrected chi connectivity index (χ2v) is 4.57. The van der Waals surface area contributed by atoms with Crippen LogP contribution in [0.2, 0.25) is 0 Å². The van der Waals surface area contributed by atoms with Gasteiger partial charge in [0.1, 0.15) is 24.4 Å². The number of rotatable bonds is 6. The number of carbonyl (C=O) groups excluding carboxylic acids is 2. The number of nitrogens with zero attached hydrogens (tertiary/aromatic N) is 3. The Kier molecular flexibility index (Phi) is 4.81. The van der Waals surface area contributed by atoms with E-state index in [0.29, 0.717) is 0 Å². The predicted molar refractivity (Wildman–Crippen MR) is 75.4 cm³/mol. The Labute approximate surface area is 122 Å². The highest BCUT2D eigenvalue weighted by Gasteiger charge is 2.36. The Bertz CT molecular complexity index is 596. The van der Waals surface area contributed by atoms with Crippen LogP contribution in [0, 0.1) is 5.92 Å². The zero-order valence-corrected chi connectivity index (χ0v) is 12.0. The Balaban J connectivity index is 2.47. The zero-order chi connectivity index (χ0) is 15.2. The van der Waals surface area contributed by atoms with Crippen molar-refractivity contribution in [1.82, 2.24) is 14.8 Å². The highest BCUT2D eigenvalue weighted by molar-refractivity contribution is 5.98. The fourth-order valence-corrected chi connectivity index (χ4v) is 2.26. The lowest BCUT2D eigenvalue weighted by Crippen LogP contribution is -2.34. The van der Waals surface area contributed by atoms with E-state index in [1.165, 1.54) is 24.3 Å². The molecular weight excluding hydrogens is 270 g/mol. The minimum absolute atomic E-state index is 0.224. The van der Waals surface area contributed by atoms with E-state index in [-0.39, 0.29) is 12.4 Å². The van der Waals surface area contributed by atoms with Gasteiger partial charge in [0.15, 0.2) is 0 Å². The highest BCUT2D eigenvalue weighted by atomic mass is 16.5. The monoisotopic (exact) mass is 287 g/mol. The normalized spacial score (nSPS) is 13.4. The number of benzene rings is 1. The summed E-state index contributed by atoms with van der Waals surface area (Å²) in [5, 5.41) is 4.08. The maximum atomic E-state index is 12.2. The van der Waals surface area contributed by atoms with Crippen LogP contribution in [0.4, 0.5) is 0 Å². The summed E-state index contributed by atoms with van der Waals surface area (Å²) in [6.07, 6.45) is 2.87. The van der Waals surface area contributed by atoms with Crippen LogP contribution in [0.3, 0.4) is 0 Å². The van der Waals surface area contributed by atoms with Gasteiger partial charge < -0.3 is 4.74 Å². The van der Waals surface area contributed by atoms with E-state index in [1.54, 1.807) is 6.92 Å². The van der Waals surface area contributed by atoms with Crippen LogP contribution in [0.1, 0.15) is 25.5 Å². The molecule has 1 aromatic carbocycles. The number of ketones is 1. The fraction of sp³-hybridized carbons (Fsp3) is 0.333. The number of hydrogen-bond donors (Lipinski definition) is 0. The Hall–Kier alpha value is -2.50. The van der Waals surface area contributed by atoms with Crippen LogP contribution in [-0.4, -0.2) is 33.1 Å². The molecule has 6 nitrogen and oxygen atoms in total. The molecule has 0 aliphatic rings. The Morgan fingerprint density at radius 2 is 2.00 bits per heavy atom. The molecule has 1 heterocycles. The highest BCUT2D eigenvalue weighted by Crippen LogP contribution is 2.27. The van der Waals surface area contributed by atoms with E-state index in [0.717, 1.165) is 5.56 Å². The number of hydrogen-bond acceptors (Lipinski definition) is 5. The summed E-state index contributed by atoms with van der Waals surface area (Å²) in [5.74, 6) is -1.76. The number of carbonyl (C=O) groups is 2. The number of aromatic nitrogens is 3. The molecule has 0 aliphatic carbocycles. The quantitative estimate of drug-likeness (QED) is 0.596. The summed E-state index contributed by atoms with van der Waals surface area (Å²) in [7, 11) is 0. The van der Waals surface area contributed by atoms with E-state index in [2.05, 4.69) is 10.1 Å². The van der Waals surface area contributed by atoms with Gasteiger partial charge in [-0.2, -0.15) is 5.10 Å². The van der Waals surface area contributed by atoms with Crippen LogP contribution >= 0.6 is 0 Å². The first-order valence-corrected chi connectivity index (χ1v) is 6.71. The number of Topliss-reactive ketones (excluding diaryl/α,β-unsaturated/α-hetero) is 1. The Morgan fingerprint density at radius 3 is 2.52 bits per heavy atom. The van der Waals surface area contributed by atoms with Crippen molar-refractivity contribution >= 4 is 11.8 Å². The van der Waals surface area contributed by atoms with Gasteiger partial charge in [0, 0.05) is 0 Å². The lowest BCUT2D eigenvalue weighted by atomic mass is 9.90. The van der Waals surface area contributed by atoms with Crippen LogP contribution < -0.4 is 0 Å². The maximum absolute atomic E-state index is 12.2. The average molecular weight is 287 g/mol. The van der Waals surface area contributed by atoms with Gasteiger partial charge in [0.05, 0.1) is 12.6 Å². The maximum Gasteiger partial charge on any atom is 0.319 e. The Morgan fingerprint density at radius 1 is 1.29 bits per heavy atom. The lowest BCUT2D eigenvalue weighted by Gasteiger charge is -2.24. The van der Waals surface area contributed by atoms with Crippen LogP contribution in [-0.2, 0) is 14.3 Å². The largest absolute Gasteiger partial charge is 0.465 e. The first kappa shape index (κ1) is 14.9. The van der Waals surface area contributed by atoms with Crippen molar-refractivity contribution in [3.8, 4) is 0 Å². The predicted octanol–water partition coefficient (Wildman–Crippen LogP) is 1.64. The van der Waals surface area contributed by atoms with E-state index in [1.807, 2.05) is 30.3 Å². The lowest BCUT2D eigenvalue weighted by molar-refractivity contribution is -0.152. The number of ether oxygens (including phenoxy) is 1. The third-order valence-corrected chi connectivity index (χ3v) is 3.16. The van der Waals surface area contributed by atoms with Crippen molar-refractivity contribution in [2.75, 3.05) is 6.61 Å². The molecule has 110 valence electrons. The summed E-state index contributed by atoms with van der Waals surface area (Å²) in [6, 6.07) is 8.70. The standard InChI is InChI=1S/C15H17N3O3/c1-3-21-15(20)13(11(2)19)14(18-10-16-9-17-18)12-7-5-4-6-8-12/h4-10,13-14H,3H2,1-2H3. The fourth-order valence-electron chi connectivity index (χ4n) is 2.26. The van der Waals surface area contributed by atoms with E-state index in [9.17, 15) is 9.59 Å². The molecule has 0 saturated carbocycles. The van der Waals surface area contributed by atoms with E-state index >= 15 is 0 Å². The second kappa shape index (κ2) is 6.78. The van der Waals surface area contributed by atoms with Crippen LogP contribution in [0.5, 0.6) is 0 Å². The van der Waals surface area contributed by atoms with E-state index < -0.39 is 17.9 Å². The van der Waals surface area contributed by atoms with Crippen molar-refractivity contribution in [1.29, 1.82) is 0 Å². The van der Waals surface area contributed by atoms with Crippen molar-refractivity contribution in [2.24, 2.45) is 5.92 Å². The molecule has 0 fully saturated rings. The first-order chi connectivity index (χ1) is 10.1. The molecular formula is C15H17N3O3. The minimum Gasteiger partial charge on any atom is -0.465 e. The SMILES string of the molecule is CCOC(=O)C(C(C)=O)C(c1ccccc1)n1cncn1. The molecule has 1 aromatic heterocycles. The molecule has 0 saturated heterocycles. The molecule has 2 rings (SSSR count).